The van der Waals surface area contributed by atoms with Crippen molar-refractivity contribution in [3.05, 3.63) is 66.2 Å². The molecular weight excluding hydrogens is 378 g/mol. The lowest BCUT2D eigenvalue weighted by molar-refractivity contribution is 0.206. The topological polar surface area (TPSA) is 72.3 Å². The predicted molar refractivity (Wildman–Crippen MR) is 115 cm³/mol. The molecule has 30 heavy (non-hydrogen) atoms. The Bertz CT molecular complexity index is 985. The van der Waals surface area contributed by atoms with Crippen molar-refractivity contribution in [2.45, 2.75) is 26.4 Å². The van der Waals surface area contributed by atoms with Crippen molar-refractivity contribution in [3.8, 4) is 17.1 Å². The van der Waals surface area contributed by atoms with Crippen molar-refractivity contribution in [2.75, 3.05) is 20.2 Å². The lowest BCUT2D eigenvalue weighted by atomic mass is 10.1. The predicted octanol–water partition coefficient (Wildman–Crippen LogP) is 3.49. The minimum atomic E-state index is -0.0110. The molecule has 2 aromatic heterocycles. The van der Waals surface area contributed by atoms with Gasteiger partial charge in [-0.25, -0.2) is 9.78 Å². The third kappa shape index (κ3) is 4.45. The molecule has 1 fully saturated rings. The van der Waals surface area contributed by atoms with E-state index in [1.165, 1.54) is 0 Å². The van der Waals surface area contributed by atoms with Gasteiger partial charge in [-0.1, -0.05) is 12.1 Å². The van der Waals surface area contributed by atoms with Crippen LogP contribution in [0.2, 0.25) is 0 Å². The molecule has 3 aromatic rings. The third-order valence-corrected chi connectivity index (χ3v) is 5.59. The average Bonchev–Trinajstić information content (AvgIpc) is 3.40. The number of urea groups is 1. The van der Waals surface area contributed by atoms with Crippen LogP contribution in [0.1, 0.15) is 17.7 Å². The van der Waals surface area contributed by atoms with Gasteiger partial charge in [0.05, 0.1) is 7.11 Å². The van der Waals surface area contributed by atoms with Gasteiger partial charge in [0.25, 0.3) is 0 Å². The van der Waals surface area contributed by atoms with Gasteiger partial charge in [-0.05, 0) is 49.1 Å². The zero-order chi connectivity index (χ0) is 20.9. The molecule has 1 saturated heterocycles. The number of nitrogens with zero attached hydrogens (tertiary/aromatic N) is 4. The van der Waals surface area contributed by atoms with Crippen molar-refractivity contribution < 1.29 is 9.53 Å². The van der Waals surface area contributed by atoms with Crippen LogP contribution < -0.4 is 10.1 Å². The van der Waals surface area contributed by atoms with Crippen LogP contribution in [-0.4, -0.2) is 45.7 Å². The molecule has 3 heterocycles. The van der Waals surface area contributed by atoms with E-state index in [1.54, 1.807) is 13.3 Å². The van der Waals surface area contributed by atoms with Crippen LogP contribution in [0.5, 0.6) is 5.75 Å². The SMILES string of the molecule is COc1ccc(CNC(=O)N2CCC(Cn3c(C)cnc3-c3cccnc3)C2)cc1. The molecule has 1 N–H and O–H groups in total. The second-order valence-electron chi connectivity index (χ2n) is 7.68. The highest BCUT2D eigenvalue weighted by Crippen LogP contribution is 2.24. The Morgan fingerprint density at radius 3 is 2.80 bits per heavy atom. The summed E-state index contributed by atoms with van der Waals surface area (Å²) in [6.45, 7) is 4.95. The summed E-state index contributed by atoms with van der Waals surface area (Å²) in [4.78, 5) is 23.3. The van der Waals surface area contributed by atoms with Crippen LogP contribution in [0.25, 0.3) is 11.4 Å². The largest absolute Gasteiger partial charge is 0.497 e. The molecule has 0 spiro atoms. The molecule has 0 saturated carbocycles. The Morgan fingerprint density at radius 2 is 2.07 bits per heavy atom. The van der Waals surface area contributed by atoms with Crippen LogP contribution in [0, 0.1) is 12.8 Å². The van der Waals surface area contributed by atoms with Crippen molar-refractivity contribution in [1.82, 2.24) is 24.8 Å². The number of ether oxygens (including phenoxy) is 1. The number of pyridine rings is 1. The number of carbonyl (C=O) groups excluding carboxylic acids is 1. The fourth-order valence-corrected chi connectivity index (χ4v) is 3.87. The second-order valence-corrected chi connectivity index (χ2v) is 7.68. The Labute approximate surface area is 176 Å². The zero-order valence-electron chi connectivity index (χ0n) is 17.4. The Hall–Kier alpha value is -3.35. The van der Waals surface area contributed by atoms with Crippen LogP contribution in [0.15, 0.2) is 55.0 Å². The molecule has 1 atom stereocenters. The summed E-state index contributed by atoms with van der Waals surface area (Å²) in [6.07, 6.45) is 6.49. The Balaban J connectivity index is 1.33. The molecular formula is C23H27N5O2. The van der Waals surface area contributed by atoms with E-state index in [0.29, 0.717) is 12.5 Å². The highest BCUT2D eigenvalue weighted by atomic mass is 16.5. The van der Waals surface area contributed by atoms with E-state index in [2.05, 4.69) is 26.8 Å². The summed E-state index contributed by atoms with van der Waals surface area (Å²) in [5, 5.41) is 3.03. The molecule has 1 aliphatic rings. The summed E-state index contributed by atoms with van der Waals surface area (Å²) in [6, 6.07) is 11.7. The number of hydrogen-bond donors (Lipinski definition) is 1. The molecule has 7 nitrogen and oxygen atoms in total. The minimum absolute atomic E-state index is 0.0110. The number of likely N-dealkylation sites (tertiary alicyclic amines) is 1. The Kier molecular flexibility index (Phi) is 5.97. The van der Waals surface area contributed by atoms with Crippen LogP contribution in [-0.2, 0) is 13.1 Å². The monoisotopic (exact) mass is 405 g/mol. The van der Waals surface area contributed by atoms with Gasteiger partial charge in [-0.3, -0.25) is 4.98 Å². The number of benzene rings is 1. The second kappa shape index (κ2) is 8.98. The normalized spacial score (nSPS) is 15.9. The van der Waals surface area contributed by atoms with Crippen molar-refractivity contribution in [2.24, 2.45) is 5.92 Å². The van der Waals surface area contributed by atoms with E-state index in [4.69, 9.17) is 4.74 Å². The van der Waals surface area contributed by atoms with Crippen molar-refractivity contribution >= 4 is 6.03 Å². The molecule has 1 aliphatic heterocycles. The molecule has 7 heteroatoms. The first kappa shape index (κ1) is 19.9. The zero-order valence-corrected chi connectivity index (χ0v) is 17.4. The molecule has 0 aliphatic carbocycles. The standard InChI is InChI=1S/C23H27N5O2/c1-17-12-25-22(20-4-3-10-24-14-20)28(17)16-19-9-11-27(15-19)23(29)26-13-18-5-7-21(30-2)8-6-18/h3-8,10,12,14,19H,9,11,13,15-16H2,1-2H3,(H,26,29). The summed E-state index contributed by atoms with van der Waals surface area (Å²) >= 11 is 0. The van der Waals surface area contributed by atoms with E-state index in [0.717, 1.165) is 54.4 Å². The lowest BCUT2D eigenvalue weighted by Gasteiger charge is -2.19. The summed E-state index contributed by atoms with van der Waals surface area (Å²) < 4.78 is 7.41. The van der Waals surface area contributed by atoms with Crippen LogP contribution in [0.4, 0.5) is 4.79 Å². The summed E-state index contributed by atoms with van der Waals surface area (Å²) in [5.41, 5.74) is 3.18. The first-order valence-electron chi connectivity index (χ1n) is 10.2. The molecule has 1 unspecified atom stereocenters. The molecule has 2 amide bonds. The van der Waals surface area contributed by atoms with E-state index in [-0.39, 0.29) is 6.03 Å². The molecule has 4 rings (SSSR count). The summed E-state index contributed by atoms with van der Waals surface area (Å²) in [5.74, 6) is 2.15. The first-order chi connectivity index (χ1) is 14.6. The number of carbonyl (C=O) groups is 1. The van der Waals surface area contributed by atoms with E-state index in [1.807, 2.05) is 53.7 Å². The number of imidazole rings is 1. The van der Waals surface area contributed by atoms with E-state index in [9.17, 15) is 4.79 Å². The average molecular weight is 406 g/mol. The smallest absolute Gasteiger partial charge is 0.317 e. The van der Waals surface area contributed by atoms with Gasteiger partial charge < -0.3 is 19.5 Å². The lowest BCUT2D eigenvalue weighted by Crippen LogP contribution is -2.38. The molecule has 0 radical (unpaired) electrons. The van der Waals surface area contributed by atoms with Crippen LogP contribution >= 0.6 is 0 Å². The number of hydrogen-bond acceptors (Lipinski definition) is 4. The van der Waals surface area contributed by atoms with Crippen molar-refractivity contribution in [1.29, 1.82) is 0 Å². The number of methoxy groups -OCH3 is 1. The van der Waals surface area contributed by atoms with E-state index >= 15 is 0 Å². The first-order valence-corrected chi connectivity index (χ1v) is 10.2. The fraction of sp³-hybridized carbons (Fsp3) is 0.348. The highest BCUT2D eigenvalue weighted by Gasteiger charge is 2.27. The van der Waals surface area contributed by atoms with Gasteiger partial charge in [-0.2, -0.15) is 0 Å². The maximum atomic E-state index is 12.6. The molecule has 1 aromatic carbocycles. The molecule has 156 valence electrons. The van der Waals surface area contributed by atoms with Crippen LogP contribution in [0.3, 0.4) is 0 Å². The van der Waals surface area contributed by atoms with Crippen molar-refractivity contribution in [3.63, 3.8) is 0 Å². The quantitative estimate of drug-likeness (QED) is 0.681. The fourth-order valence-electron chi connectivity index (χ4n) is 3.87. The summed E-state index contributed by atoms with van der Waals surface area (Å²) in [7, 11) is 1.64. The van der Waals surface area contributed by atoms with Gasteiger partial charge in [0.1, 0.15) is 11.6 Å². The van der Waals surface area contributed by atoms with Gasteiger partial charge in [0.2, 0.25) is 0 Å². The molecule has 0 bridgehead atoms. The van der Waals surface area contributed by atoms with Gasteiger partial charge in [-0.15, -0.1) is 0 Å². The minimum Gasteiger partial charge on any atom is -0.497 e. The van der Waals surface area contributed by atoms with Gasteiger partial charge >= 0.3 is 6.03 Å². The third-order valence-electron chi connectivity index (χ3n) is 5.59. The van der Waals surface area contributed by atoms with Gasteiger partial charge in [0.15, 0.2) is 0 Å². The highest BCUT2D eigenvalue weighted by molar-refractivity contribution is 5.74. The maximum Gasteiger partial charge on any atom is 0.317 e. The number of nitrogens with one attached hydrogen (secondary N) is 1. The number of aromatic nitrogens is 3. The van der Waals surface area contributed by atoms with Gasteiger partial charge in [0, 0.05) is 56.0 Å². The number of aryl methyl sites for hydroxylation is 1. The Morgan fingerprint density at radius 1 is 1.23 bits per heavy atom. The number of amides is 2. The number of rotatable bonds is 6. The maximum absolute atomic E-state index is 12.6. The van der Waals surface area contributed by atoms with E-state index < -0.39 is 0 Å².